The summed E-state index contributed by atoms with van der Waals surface area (Å²) in [6, 6.07) is 10.5. The van der Waals surface area contributed by atoms with Crippen molar-refractivity contribution in [3.63, 3.8) is 0 Å². The molecule has 8 heteroatoms. The first-order valence-corrected chi connectivity index (χ1v) is 9.03. The summed E-state index contributed by atoms with van der Waals surface area (Å²) in [6.45, 7) is 1.88. The van der Waals surface area contributed by atoms with Gasteiger partial charge in [-0.05, 0) is 23.8 Å². The maximum atomic E-state index is 12.3. The number of rotatable bonds is 5. The number of carbonyl (C=O) groups excluding carboxylic acids is 3. The standard InChI is InChI=1S/C19H20ClN3O4/c20-15-5-2-1-4-14(15)13-21-17(24)12-18(25)22-7-9-23(10-8-22)19(26)16-6-3-11-27-16/h1-6,11H,7-10,12-13H2,(H,21,24). The van der Waals surface area contributed by atoms with Gasteiger partial charge in [0.05, 0.1) is 6.26 Å². The lowest BCUT2D eigenvalue weighted by Gasteiger charge is -2.34. The van der Waals surface area contributed by atoms with E-state index in [0.717, 1.165) is 5.56 Å². The van der Waals surface area contributed by atoms with E-state index < -0.39 is 0 Å². The van der Waals surface area contributed by atoms with Crippen molar-refractivity contribution < 1.29 is 18.8 Å². The molecule has 1 saturated heterocycles. The van der Waals surface area contributed by atoms with E-state index in [0.29, 0.717) is 31.2 Å². The molecule has 27 heavy (non-hydrogen) atoms. The molecule has 0 radical (unpaired) electrons. The molecular formula is C19H20ClN3O4. The molecule has 3 amide bonds. The van der Waals surface area contributed by atoms with Crippen LogP contribution in [0.15, 0.2) is 47.1 Å². The first-order chi connectivity index (χ1) is 13.0. The molecule has 142 valence electrons. The minimum atomic E-state index is -0.353. The fourth-order valence-corrected chi connectivity index (χ4v) is 3.06. The fraction of sp³-hybridized carbons (Fsp3) is 0.316. The lowest BCUT2D eigenvalue weighted by molar-refractivity contribution is -0.137. The topological polar surface area (TPSA) is 82.9 Å². The van der Waals surface area contributed by atoms with E-state index in [1.165, 1.54) is 6.26 Å². The first kappa shape index (κ1) is 19.0. The number of hydrogen-bond donors (Lipinski definition) is 1. The van der Waals surface area contributed by atoms with Crippen molar-refractivity contribution in [2.45, 2.75) is 13.0 Å². The Kier molecular flexibility index (Phi) is 6.13. The van der Waals surface area contributed by atoms with Gasteiger partial charge < -0.3 is 19.5 Å². The molecule has 2 aromatic rings. The molecule has 1 N–H and O–H groups in total. The number of amides is 3. The highest BCUT2D eigenvalue weighted by Crippen LogP contribution is 2.14. The summed E-state index contributed by atoms with van der Waals surface area (Å²) in [5.74, 6) is -0.510. The zero-order chi connectivity index (χ0) is 19.2. The predicted molar refractivity (Wildman–Crippen MR) is 99.1 cm³/mol. The van der Waals surface area contributed by atoms with Crippen molar-refractivity contribution >= 4 is 29.3 Å². The molecule has 0 bridgehead atoms. The van der Waals surface area contributed by atoms with E-state index in [2.05, 4.69) is 5.32 Å². The van der Waals surface area contributed by atoms with Crippen molar-refractivity contribution in [3.05, 3.63) is 59.0 Å². The highest BCUT2D eigenvalue weighted by Gasteiger charge is 2.26. The Hall–Kier alpha value is -2.80. The Balaban J connectivity index is 1.43. The average Bonchev–Trinajstić information content (AvgIpc) is 3.21. The van der Waals surface area contributed by atoms with Crippen LogP contribution in [0.4, 0.5) is 0 Å². The molecule has 0 saturated carbocycles. The molecule has 2 heterocycles. The normalized spacial score (nSPS) is 14.1. The Morgan fingerprint density at radius 3 is 2.37 bits per heavy atom. The van der Waals surface area contributed by atoms with E-state index in [1.54, 1.807) is 28.0 Å². The van der Waals surface area contributed by atoms with Crippen molar-refractivity contribution in [3.8, 4) is 0 Å². The van der Waals surface area contributed by atoms with E-state index in [4.69, 9.17) is 16.0 Å². The molecule has 1 aromatic heterocycles. The summed E-state index contributed by atoms with van der Waals surface area (Å²) in [4.78, 5) is 39.8. The molecule has 1 fully saturated rings. The smallest absolute Gasteiger partial charge is 0.289 e. The van der Waals surface area contributed by atoms with Gasteiger partial charge in [0.1, 0.15) is 6.42 Å². The predicted octanol–water partition coefficient (Wildman–Crippen LogP) is 1.92. The summed E-state index contributed by atoms with van der Waals surface area (Å²) < 4.78 is 5.11. The van der Waals surface area contributed by atoms with Gasteiger partial charge in [-0.3, -0.25) is 14.4 Å². The number of furan rings is 1. The van der Waals surface area contributed by atoms with Crippen LogP contribution in [0.5, 0.6) is 0 Å². The van der Waals surface area contributed by atoms with Crippen LogP contribution in [0.3, 0.4) is 0 Å². The molecular weight excluding hydrogens is 370 g/mol. The van der Waals surface area contributed by atoms with Crippen LogP contribution in [0.2, 0.25) is 5.02 Å². The van der Waals surface area contributed by atoms with Crippen LogP contribution in [-0.2, 0) is 16.1 Å². The number of carbonyl (C=O) groups is 3. The molecule has 1 aromatic carbocycles. The van der Waals surface area contributed by atoms with Gasteiger partial charge in [-0.15, -0.1) is 0 Å². The van der Waals surface area contributed by atoms with Crippen LogP contribution in [0.25, 0.3) is 0 Å². The maximum Gasteiger partial charge on any atom is 0.289 e. The molecule has 0 spiro atoms. The van der Waals surface area contributed by atoms with Gasteiger partial charge in [0, 0.05) is 37.7 Å². The monoisotopic (exact) mass is 389 g/mol. The summed E-state index contributed by atoms with van der Waals surface area (Å²) in [5, 5.41) is 3.28. The average molecular weight is 390 g/mol. The largest absolute Gasteiger partial charge is 0.459 e. The molecule has 0 atom stereocenters. The van der Waals surface area contributed by atoms with Crippen LogP contribution < -0.4 is 5.32 Å². The summed E-state index contributed by atoms with van der Waals surface area (Å²) >= 11 is 6.05. The summed E-state index contributed by atoms with van der Waals surface area (Å²) in [6.07, 6.45) is 1.23. The molecule has 1 aliphatic heterocycles. The van der Waals surface area contributed by atoms with Crippen molar-refractivity contribution in [1.29, 1.82) is 0 Å². The van der Waals surface area contributed by atoms with Gasteiger partial charge in [0.15, 0.2) is 5.76 Å². The summed E-state index contributed by atoms with van der Waals surface area (Å²) in [5.41, 5.74) is 0.796. The highest BCUT2D eigenvalue weighted by atomic mass is 35.5. The lowest BCUT2D eigenvalue weighted by Crippen LogP contribution is -2.51. The Morgan fingerprint density at radius 1 is 1.00 bits per heavy atom. The number of nitrogens with zero attached hydrogens (tertiary/aromatic N) is 2. The van der Waals surface area contributed by atoms with E-state index in [9.17, 15) is 14.4 Å². The van der Waals surface area contributed by atoms with Gasteiger partial charge in [-0.2, -0.15) is 0 Å². The number of benzene rings is 1. The molecule has 3 rings (SSSR count). The lowest BCUT2D eigenvalue weighted by atomic mass is 10.2. The van der Waals surface area contributed by atoms with Crippen molar-refractivity contribution in [1.82, 2.24) is 15.1 Å². The van der Waals surface area contributed by atoms with E-state index >= 15 is 0 Å². The van der Waals surface area contributed by atoms with Crippen LogP contribution >= 0.6 is 11.6 Å². The van der Waals surface area contributed by atoms with Gasteiger partial charge >= 0.3 is 0 Å². The van der Waals surface area contributed by atoms with Crippen LogP contribution in [0, 0.1) is 0 Å². The van der Waals surface area contributed by atoms with E-state index in [1.807, 2.05) is 18.2 Å². The number of halogens is 1. The van der Waals surface area contributed by atoms with Crippen molar-refractivity contribution in [2.75, 3.05) is 26.2 Å². The maximum absolute atomic E-state index is 12.3. The second kappa shape index (κ2) is 8.73. The third-order valence-corrected chi connectivity index (χ3v) is 4.77. The Bertz CT molecular complexity index is 814. The first-order valence-electron chi connectivity index (χ1n) is 8.65. The van der Waals surface area contributed by atoms with Crippen LogP contribution in [0.1, 0.15) is 22.5 Å². The van der Waals surface area contributed by atoms with E-state index in [-0.39, 0.29) is 36.4 Å². The number of piperazine rings is 1. The Morgan fingerprint density at radius 2 is 1.70 bits per heavy atom. The second-order valence-electron chi connectivity index (χ2n) is 6.20. The second-order valence-corrected chi connectivity index (χ2v) is 6.60. The highest BCUT2D eigenvalue weighted by molar-refractivity contribution is 6.31. The Labute approximate surface area is 161 Å². The molecule has 0 unspecified atom stereocenters. The minimum Gasteiger partial charge on any atom is -0.459 e. The zero-order valence-electron chi connectivity index (χ0n) is 14.7. The SMILES string of the molecule is O=C(CC(=O)N1CCN(C(=O)c2ccco2)CC1)NCc1ccccc1Cl. The van der Waals surface area contributed by atoms with Gasteiger partial charge in [0.2, 0.25) is 11.8 Å². The van der Waals surface area contributed by atoms with Gasteiger partial charge in [0.25, 0.3) is 5.91 Å². The quantitative estimate of drug-likeness (QED) is 0.792. The van der Waals surface area contributed by atoms with Gasteiger partial charge in [-0.25, -0.2) is 0 Å². The summed E-state index contributed by atoms with van der Waals surface area (Å²) in [7, 11) is 0. The van der Waals surface area contributed by atoms with Gasteiger partial charge in [-0.1, -0.05) is 29.8 Å². The molecule has 0 aliphatic carbocycles. The fourth-order valence-electron chi connectivity index (χ4n) is 2.86. The number of nitrogens with one attached hydrogen (secondary N) is 1. The number of hydrogen-bond acceptors (Lipinski definition) is 4. The van der Waals surface area contributed by atoms with Crippen molar-refractivity contribution in [2.24, 2.45) is 0 Å². The van der Waals surface area contributed by atoms with Crippen LogP contribution in [-0.4, -0.2) is 53.7 Å². The third kappa shape index (κ3) is 4.89. The third-order valence-electron chi connectivity index (χ3n) is 4.40. The minimum absolute atomic E-state index is 0.190. The zero-order valence-corrected chi connectivity index (χ0v) is 15.4. The molecule has 7 nitrogen and oxygen atoms in total. The molecule has 1 aliphatic rings.